The van der Waals surface area contributed by atoms with Gasteiger partial charge < -0.3 is 10.8 Å². The summed E-state index contributed by atoms with van der Waals surface area (Å²) in [4.78, 5) is 0. The zero-order valence-electron chi connectivity index (χ0n) is 12.1. The highest BCUT2D eigenvalue weighted by Gasteiger charge is 2.26. The Balaban J connectivity index is 2.43. The van der Waals surface area contributed by atoms with Crippen LogP contribution in [0, 0.1) is 19.7 Å². The highest BCUT2D eigenvalue weighted by molar-refractivity contribution is 6.30. The zero-order valence-corrected chi connectivity index (χ0v) is 12.9. The molecule has 0 aromatic heterocycles. The van der Waals surface area contributed by atoms with E-state index >= 15 is 0 Å². The van der Waals surface area contributed by atoms with Crippen molar-refractivity contribution in [1.82, 2.24) is 0 Å². The second kappa shape index (κ2) is 6.56. The van der Waals surface area contributed by atoms with Crippen molar-refractivity contribution >= 4 is 11.6 Å². The molecule has 0 heterocycles. The van der Waals surface area contributed by atoms with Crippen molar-refractivity contribution in [2.24, 2.45) is 5.73 Å². The summed E-state index contributed by atoms with van der Waals surface area (Å²) in [7, 11) is 0. The number of nitrogens with two attached hydrogens (primary N) is 1. The van der Waals surface area contributed by atoms with Gasteiger partial charge in [-0.15, -0.1) is 0 Å². The van der Waals surface area contributed by atoms with E-state index < -0.39 is 17.8 Å². The van der Waals surface area contributed by atoms with E-state index in [2.05, 4.69) is 0 Å². The first-order chi connectivity index (χ1) is 9.95. The summed E-state index contributed by atoms with van der Waals surface area (Å²) < 4.78 is 14.2. The van der Waals surface area contributed by atoms with Crippen LogP contribution in [-0.2, 0) is 0 Å². The molecule has 0 aliphatic carbocycles. The normalized spacial score (nSPS) is 14.0. The molecule has 4 heteroatoms. The van der Waals surface area contributed by atoms with Gasteiger partial charge in [0.15, 0.2) is 0 Å². The minimum absolute atomic E-state index is 0.0405. The molecule has 0 aliphatic rings. The van der Waals surface area contributed by atoms with E-state index in [-0.39, 0.29) is 11.6 Å². The van der Waals surface area contributed by atoms with Crippen LogP contribution in [0.2, 0.25) is 5.02 Å². The van der Waals surface area contributed by atoms with Gasteiger partial charge in [0, 0.05) is 12.5 Å². The Morgan fingerprint density at radius 3 is 2.52 bits per heavy atom. The van der Waals surface area contributed by atoms with Gasteiger partial charge in [-0.1, -0.05) is 47.5 Å². The molecular formula is C17H19ClFNO. The molecule has 3 N–H and O–H groups in total. The van der Waals surface area contributed by atoms with Crippen LogP contribution in [0.1, 0.15) is 34.3 Å². The number of hydrogen-bond donors (Lipinski definition) is 2. The average Bonchev–Trinajstić information content (AvgIpc) is 2.44. The monoisotopic (exact) mass is 307 g/mol. The van der Waals surface area contributed by atoms with Gasteiger partial charge in [-0.05, 0) is 36.6 Å². The smallest absolute Gasteiger partial charge is 0.145 e. The molecule has 0 saturated heterocycles. The molecule has 0 radical (unpaired) electrons. The van der Waals surface area contributed by atoms with Crippen LogP contribution in [0.4, 0.5) is 4.39 Å². The Morgan fingerprint density at radius 2 is 1.90 bits per heavy atom. The van der Waals surface area contributed by atoms with E-state index in [1.807, 2.05) is 32.0 Å². The number of aliphatic hydroxyl groups excluding tert-OH is 1. The molecule has 0 saturated carbocycles. The largest absolute Gasteiger partial charge is 0.388 e. The van der Waals surface area contributed by atoms with E-state index in [1.54, 1.807) is 12.1 Å². The topological polar surface area (TPSA) is 46.2 Å². The van der Waals surface area contributed by atoms with Gasteiger partial charge in [0.2, 0.25) is 0 Å². The predicted octanol–water partition coefficient (Wildman–Crippen LogP) is 3.87. The Labute approximate surface area is 129 Å². The van der Waals surface area contributed by atoms with Crippen LogP contribution in [0.3, 0.4) is 0 Å². The third-order valence-electron chi connectivity index (χ3n) is 3.76. The molecule has 112 valence electrons. The van der Waals surface area contributed by atoms with Crippen LogP contribution < -0.4 is 5.73 Å². The Bertz CT molecular complexity index is 645. The molecule has 0 aliphatic heterocycles. The van der Waals surface area contributed by atoms with Crippen molar-refractivity contribution < 1.29 is 9.50 Å². The number of rotatable bonds is 4. The first-order valence-corrected chi connectivity index (χ1v) is 7.22. The number of halogens is 2. The highest BCUT2D eigenvalue weighted by atomic mass is 35.5. The van der Waals surface area contributed by atoms with Gasteiger partial charge in [-0.3, -0.25) is 0 Å². The highest BCUT2D eigenvalue weighted by Crippen LogP contribution is 2.35. The van der Waals surface area contributed by atoms with E-state index in [1.165, 1.54) is 6.07 Å². The van der Waals surface area contributed by atoms with Crippen LogP contribution in [0.25, 0.3) is 0 Å². The van der Waals surface area contributed by atoms with Gasteiger partial charge in [0.25, 0.3) is 0 Å². The fourth-order valence-corrected chi connectivity index (χ4v) is 2.79. The lowest BCUT2D eigenvalue weighted by atomic mass is 9.86. The zero-order chi connectivity index (χ0) is 15.6. The number of hydrogen-bond acceptors (Lipinski definition) is 2. The third-order valence-corrected chi connectivity index (χ3v) is 4.05. The minimum atomic E-state index is -0.872. The van der Waals surface area contributed by atoms with Crippen molar-refractivity contribution in [2.75, 3.05) is 6.54 Å². The Kier molecular flexibility index (Phi) is 4.99. The summed E-state index contributed by atoms with van der Waals surface area (Å²) in [6.45, 7) is 4.04. The molecule has 21 heavy (non-hydrogen) atoms. The summed E-state index contributed by atoms with van der Waals surface area (Å²) in [5.74, 6) is -1.05. The standard InChI is InChI=1S/C17H19ClFNO/c1-10-6-7-12(11(2)8-10)17(21)14(9-20)13-4-3-5-15(18)16(13)19/h3-8,14,17,21H,9,20H2,1-2H3. The summed E-state index contributed by atoms with van der Waals surface area (Å²) in [6, 6.07) is 10.5. The molecule has 2 rings (SSSR count). The SMILES string of the molecule is Cc1ccc(C(O)C(CN)c2cccc(Cl)c2F)c(C)c1. The van der Waals surface area contributed by atoms with E-state index in [0.717, 1.165) is 16.7 Å². The molecule has 0 fully saturated rings. The van der Waals surface area contributed by atoms with Crippen LogP contribution in [0.5, 0.6) is 0 Å². The van der Waals surface area contributed by atoms with Crippen LogP contribution in [-0.4, -0.2) is 11.7 Å². The Morgan fingerprint density at radius 1 is 1.19 bits per heavy atom. The summed E-state index contributed by atoms with van der Waals surface area (Å²) in [5, 5.41) is 10.7. The Hall–Kier alpha value is -1.42. The lowest BCUT2D eigenvalue weighted by Gasteiger charge is -2.24. The first-order valence-electron chi connectivity index (χ1n) is 6.85. The fourth-order valence-electron chi connectivity index (χ4n) is 2.61. The van der Waals surface area contributed by atoms with Crippen molar-refractivity contribution in [3.63, 3.8) is 0 Å². The fraction of sp³-hybridized carbons (Fsp3) is 0.294. The molecule has 2 nitrogen and oxygen atoms in total. The summed E-state index contributed by atoms with van der Waals surface area (Å²) >= 11 is 5.82. The maximum atomic E-state index is 14.2. The van der Waals surface area contributed by atoms with Crippen molar-refractivity contribution in [3.8, 4) is 0 Å². The third kappa shape index (κ3) is 3.26. The molecule has 2 unspecified atom stereocenters. The summed E-state index contributed by atoms with van der Waals surface area (Å²) in [6.07, 6.45) is -0.872. The molecular weight excluding hydrogens is 289 g/mol. The number of aliphatic hydroxyl groups is 1. The molecule has 2 aromatic rings. The number of benzene rings is 2. The molecule has 0 bridgehead atoms. The second-order valence-corrected chi connectivity index (χ2v) is 5.70. The van der Waals surface area contributed by atoms with Gasteiger partial charge in [0.1, 0.15) is 5.82 Å². The lowest BCUT2D eigenvalue weighted by Crippen LogP contribution is -2.22. The van der Waals surface area contributed by atoms with Crippen LogP contribution in [0.15, 0.2) is 36.4 Å². The summed E-state index contributed by atoms with van der Waals surface area (Å²) in [5.41, 5.74) is 8.95. The first kappa shape index (κ1) is 16.0. The molecule has 2 atom stereocenters. The maximum Gasteiger partial charge on any atom is 0.145 e. The predicted molar refractivity (Wildman–Crippen MR) is 84.1 cm³/mol. The quantitative estimate of drug-likeness (QED) is 0.900. The van der Waals surface area contributed by atoms with Crippen molar-refractivity contribution in [2.45, 2.75) is 25.9 Å². The molecule has 2 aromatic carbocycles. The molecule has 0 amide bonds. The van der Waals surface area contributed by atoms with Gasteiger partial charge in [-0.2, -0.15) is 0 Å². The second-order valence-electron chi connectivity index (χ2n) is 5.29. The van der Waals surface area contributed by atoms with E-state index in [0.29, 0.717) is 5.56 Å². The van der Waals surface area contributed by atoms with Crippen molar-refractivity contribution in [3.05, 3.63) is 69.5 Å². The minimum Gasteiger partial charge on any atom is -0.388 e. The average molecular weight is 308 g/mol. The van der Waals surface area contributed by atoms with E-state index in [9.17, 15) is 9.50 Å². The molecule has 0 spiro atoms. The lowest BCUT2D eigenvalue weighted by molar-refractivity contribution is 0.145. The van der Waals surface area contributed by atoms with Gasteiger partial charge in [-0.25, -0.2) is 4.39 Å². The van der Waals surface area contributed by atoms with Gasteiger partial charge in [0.05, 0.1) is 11.1 Å². The number of aryl methyl sites for hydroxylation is 2. The van der Waals surface area contributed by atoms with Crippen molar-refractivity contribution in [1.29, 1.82) is 0 Å². The van der Waals surface area contributed by atoms with Crippen LogP contribution >= 0.6 is 11.6 Å². The van der Waals surface area contributed by atoms with Gasteiger partial charge >= 0.3 is 0 Å². The maximum absolute atomic E-state index is 14.2. The van der Waals surface area contributed by atoms with E-state index in [4.69, 9.17) is 17.3 Å².